The molecule has 0 fully saturated rings. The summed E-state index contributed by atoms with van der Waals surface area (Å²) in [7, 11) is 0. The average molecular weight is 297 g/mol. The van der Waals surface area contributed by atoms with Gasteiger partial charge in [0.2, 0.25) is 5.78 Å². The average Bonchev–Trinajstić information content (AvgIpc) is 2.61. The van der Waals surface area contributed by atoms with Gasteiger partial charge in [0.25, 0.3) is 0 Å². The Morgan fingerprint density at radius 3 is 2.32 bits per heavy atom. The molecule has 0 spiro atoms. The van der Waals surface area contributed by atoms with Crippen LogP contribution in [-0.2, 0) is 0 Å². The van der Waals surface area contributed by atoms with E-state index in [1.807, 2.05) is 20.8 Å². The summed E-state index contributed by atoms with van der Waals surface area (Å²) in [6, 6.07) is 3.07. The van der Waals surface area contributed by atoms with Crippen molar-refractivity contribution >= 4 is 34.7 Å². The maximum Gasteiger partial charge on any atom is 0.211 e. The number of rotatable bonds is 2. The number of carbonyl (C=O) groups excluding carboxylic acids is 1. The highest BCUT2D eigenvalue weighted by Gasteiger charge is 2.20. The number of benzene rings is 1. The van der Waals surface area contributed by atoms with Crippen LogP contribution in [0.5, 0.6) is 0 Å². The number of anilines is 1. The molecule has 19 heavy (non-hydrogen) atoms. The fourth-order valence-electron chi connectivity index (χ4n) is 1.98. The van der Waals surface area contributed by atoms with E-state index in [0.29, 0.717) is 16.9 Å². The van der Waals surface area contributed by atoms with E-state index in [0.717, 1.165) is 16.8 Å². The molecule has 3 nitrogen and oxygen atoms in total. The molecule has 3 N–H and O–H groups in total. The molecule has 0 aliphatic heterocycles. The predicted molar refractivity (Wildman–Crippen MR) is 79.3 cm³/mol. The minimum Gasteiger partial charge on any atom is -0.399 e. The molecule has 0 radical (unpaired) electrons. The molecule has 0 atom stereocenters. The van der Waals surface area contributed by atoms with Gasteiger partial charge in [0.1, 0.15) is 0 Å². The van der Waals surface area contributed by atoms with Crippen LogP contribution in [0.4, 0.5) is 5.69 Å². The monoisotopic (exact) mass is 296 g/mol. The predicted octanol–water partition coefficient (Wildman–Crippen LogP) is 4.06. The number of nitrogens with two attached hydrogens (primary N) is 1. The summed E-state index contributed by atoms with van der Waals surface area (Å²) >= 11 is 12.0. The highest BCUT2D eigenvalue weighted by Crippen LogP contribution is 2.31. The van der Waals surface area contributed by atoms with Crippen LogP contribution in [0.3, 0.4) is 0 Å². The van der Waals surface area contributed by atoms with Crippen molar-refractivity contribution in [2.75, 3.05) is 5.73 Å². The molecule has 1 heterocycles. The molecule has 2 aromatic rings. The van der Waals surface area contributed by atoms with Crippen molar-refractivity contribution < 1.29 is 4.79 Å². The largest absolute Gasteiger partial charge is 0.399 e. The van der Waals surface area contributed by atoms with Gasteiger partial charge in [-0.3, -0.25) is 4.79 Å². The van der Waals surface area contributed by atoms with Gasteiger partial charge < -0.3 is 10.7 Å². The van der Waals surface area contributed by atoms with Crippen molar-refractivity contribution in [1.82, 2.24) is 4.98 Å². The Kier molecular flexibility index (Phi) is 3.61. The molecule has 0 aliphatic carbocycles. The van der Waals surface area contributed by atoms with E-state index >= 15 is 0 Å². The molecule has 0 saturated carbocycles. The number of carbonyl (C=O) groups is 1. The van der Waals surface area contributed by atoms with Gasteiger partial charge in [-0.15, -0.1) is 0 Å². The zero-order chi connectivity index (χ0) is 14.3. The lowest BCUT2D eigenvalue weighted by Gasteiger charge is -2.06. The van der Waals surface area contributed by atoms with Crippen LogP contribution in [0.15, 0.2) is 12.1 Å². The summed E-state index contributed by atoms with van der Waals surface area (Å²) in [4.78, 5) is 15.6. The van der Waals surface area contributed by atoms with Crippen LogP contribution >= 0.6 is 23.2 Å². The number of nitrogens with one attached hydrogen (secondary N) is 1. The first-order chi connectivity index (χ1) is 8.82. The third-order valence-electron chi connectivity index (χ3n) is 3.33. The topological polar surface area (TPSA) is 58.9 Å². The molecule has 100 valence electrons. The van der Waals surface area contributed by atoms with E-state index < -0.39 is 0 Å². The Morgan fingerprint density at radius 1 is 1.16 bits per heavy atom. The molecule has 0 bridgehead atoms. The summed E-state index contributed by atoms with van der Waals surface area (Å²) in [5.74, 6) is -0.201. The van der Waals surface area contributed by atoms with Crippen LogP contribution in [-0.4, -0.2) is 10.8 Å². The van der Waals surface area contributed by atoms with Crippen molar-refractivity contribution in [2.45, 2.75) is 20.8 Å². The molecule has 0 aliphatic rings. The zero-order valence-electron chi connectivity index (χ0n) is 10.9. The number of aryl methyl sites for hydroxylation is 1. The molecule has 0 amide bonds. The fraction of sp³-hybridized carbons (Fsp3) is 0.214. The second-order valence-electron chi connectivity index (χ2n) is 4.57. The quantitative estimate of drug-likeness (QED) is 0.648. The van der Waals surface area contributed by atoms with E-state index in [4.69, 9.17) is 28.9 Å². The molecule has 5 heteroatoms. The number of aromatic nitrogens is 1. The Labute approximate surface area is 121 Å². The molecule has 0 unspecified atom stereocenters. The lowest BCUT2D eigenvalue weighted by Crippen LogP contribution is -2.06. The van der Waals surface area contributed by atoms with Gasteiger partial charge in [-0.05, 0) is 44.0 Å². The highest BCUT2D eigenvalue weighted by atomic mass is 35.5. The maximum atomic E-state index is 12.5. The molecule has 2 rings (SSSR count). The van der Waals surface area contributed by atoms with Crippen LogP contribution in [0, 0.1) is 20.8 Å². The molecular weight excluding hydrogens is 283 g/mol. The second-order valence-corrected chi connectivity index (χ2v) is 5.35. The second kappa shape index (κ2) is 4.91. The Morgan fingerprint density at radius 2 is 1.79 bits per heavy atom. The third-order valence-corrected chi connectivity index (χ3v) is 4.14. The number of ketones is 1. The first-order valence-corrected chi connectivity index (χ1v) is 6.53. The summed E-state index contributed by atoms with van der Waals surface area (Å²) in [5.41, 5.74) is 9.91. The van der Waals surface area contributed by atoms with E-state index in [2.05, 4.69) is 4.98 Å². The van der Waals surface area contributed by atoms with Crippen molar-refractivity contribution in [3.8, 4) is 0 Å². The minimum atomic E-state index is -0.201. The summed E-state index contributed by atoms with van der Waals surface area (Å²) in [5, 5.41) is 0.507. The van der Waals surface area contributed by atoms with Crippen molar-refractivity contribution in [3.63, 3.8) is 0 Å². The first-order valence-electron chi connectivity index (χ1n) is 5.78. The number of hydrogen-bond acceptors (Lipinski definition) is 2. The van der Waals surface area contributed by atoms with Gasteiger partial charge in [0.05, 0.1) is 15.7 Å². The Bertz CT molecular complexity index is 675. The van der Waals surface area contributed by atoms with Gasteiger partial charge in [-0.1, -0.05) is 23.2 Å². The van der Waals surface area contributed by atoms with E-state index in [9.17, 15) is 4.79 Å². The van der Waals surface area contributed by atoms with Gasteiger partial charge in [0.15, 0.2) is 0 Å². The van der Waals surface area contributed by atoms with Crippen molar-refractivity contribution in [2.24, 2.45) is 0 Å². The molecular formula is C14H14Cl2N2O. The number of nitrogen functional groups attached to an aromatic ring is 1. The fourth-order valence-corrected chi connectivity index (χ4v) is 2.40. The molecule has 1 aromatic heterocycles. The molecule has 1 aromatic carbocycles. The summed E-state index contributed by atoms with van der Waals surface area (Å²) < 4.78 is 0. The summed E-state index contributed by atoms with van der Waals surface area (Å²) in [6.45, 7) is 5.78. The van der Waals surface area contributed by atoms with Gasteiger partial charge in [-0.2, -0.15) is 0 Å². The SMILES string of the molecule is Cc1[nH]c(C(=O)c2cc(N)cc(Cl)c2Cl)c(C)c1C. The van der Waals surface area contributed by atoms with Crippen molar-refractivity contribution in [1.29, 1.82) is 0 Å². The number of hydrogen-bond donors (Lipinski definition) is 2. The van der Waals surface area contributed by atoms with Crippen LogP contribution in [0.2, 0.25) is 10.0 Å². The first kappa shape index (κ1) is 14.0. The van der Waals surface area contributed by atoms with E-state index in [-0.39, 0.29) is 15.8 Å². The van der Waals surface area contributed by atoms with Crippen LogP contribution in [0.1, 0.15) is 32.9 Å². The molecule has 0 saturated heterocycles. The smallest absolute Gasteiger partial charge is 0.211 e. The van der Waals surface area contributed by atoms with E-state index in [1.165, 1.54) is 6.07 Å². The number of aromatic amines is 1. The van der Waals surface area contributed by atoms with Gasteiger partial charge in [0, 0.05) is 16.9 Å². The maximum absolute atomic E-state index is 12.5. The van der Waals surface area contributed by atoms with Crippen molar-refractivity contribution in [3.05, 3.63) is 50.3 Å². The van der Waals surface area contributed by atoms with Crippen LogP contribution < -0.4 is 5.73 Å². The van der Waals surface area contributed by atoms with Crippen LogP contribution in [0.25, 0.3) is 0 Å². The van der Waals surface area contributed by atoms with Gasteiger partial charge >= 0.3 is 0 Å². The number of H-pyrrole nitrogens is 1. The van der Waals surface area contributed by atoms with E-state index in [1.54, 1.807) is 6.07 Å². The lowest BCUT2D eigenvalue weighted by atomic mass is 10.0. The highest BCUT2D eigenvalue weighted by molar-refractivity contribution is 6.44. The zero-order valence-corrected chi connectivity index (χ0v) is 12.4. The minimum absolute atomic E-state index is 0.201. The Balaban J connectivity index is 2.59. The normalized spacial score (nSPS) is 10.8. The Hall–Kier alpha value is -1.45. The third kappa shape index (κ3) is 2.36. The lowest BCUT2D eigenvalue weighted by molar-refractivity contribution is 0.103. The standard InChI is InChI=1S/C14H14Cl2N2O/c1-6-7(2)13(18-8(6)3)14(19)10-4-9(17)5-11(15)12(10)16/h4-5,18H,17H2,1-3H3. The summed E-state index contributed by atoms with van der Waals surface area (Å²) in [6.07, 6.45) is 0. The number of halogens is 2. The van der Waals surface area contributed by atoms with Gasteiger partial charge in [-0.25, -0.2) is 0 Å².